The lowest BCUT2D eigenvalue weighted by Crippen LogP contribution is -2.33. The fraction of sp³-hybridized carbons (Fsp3) is 0.278. The molecule has 0 bridgehead atoms. The van der Waals surface area contributed by atoms with E-state index in [9.17, 15) is 21.6 Å². The Morgan fingerprint density at radius 3 is 2.22 bits per heavy atom. The Morgan fingerprint density at radius 1 is 1.07 bits per heavy atom. The second kappa shape index (κ2) is 6.35. The van der Waals surface area contributed by atoms with Gasteiger partial charge >= 0.3 is 0 Å². The summed E-state index contributed by atoms with van der Waals surface area (Å²) in [7, 11) is -7.64. The molecule has 1 N–H and O–H groups in total. The predicted octanol–water partition coefficient (Wildman–Crippen LogP) is 2.50. The predicted molar refractivity (Wildman–Crippen MR) is 103 cm³/mol. The van der Waals surface area contributed by atoms with Gasteiger partial charge in [-0.05, 0) is 56.7 Å². The molecule has 0 radical (unpaired) electrons. The van der Waals surface area contributed by atoms with Gasteiger partial charge in [0.15, 0.2) is 0 Å². The van der Waals surface area contributed by atoms with Crippen molar-refractivity contribution < 1.29 is 21.6 Å². The SMILES string of the molecule is Cc1cc(N2C(=O)C(C)(C)CS2(=O)=O)ccc1S(=O)(=O)Nc1ccccc1. The first-order valence-electron chi connectivity index (χ1n) is 8.20. The van der Waals surface area contributed by atoms with Crippen molar-refractivity contribution in [2.24, 2.45) is 5.41 Å². The molecule has 1 aliphatic rings. The van der Waals surface area contributed by atoms with E-state index in [4.69, 9.17) is 0 Å². The van der Waals surface area contributed by atoms with Crippen molar-refractivity contribution >= 4 is 37.3 Å². The highest BCUT2D eigenvalue weighted by Gasteiger charge is 2.50. The van der Waals surface area contributed by atoms with Crippen LogP contribution in [0, 0.1) is 12.3 Å². The van der Waals surface area contributed by atoms with Crippen LogP contribution >= 0.6 is 0 Å². The fourth-order valence-electron chi connectivity index (χ4n) is 3.04. The van der Waals surface area contributed by atoms with Crippen molar-refractivity contribution in [2.45, 2.75) is 25.7 Å². The average molecular weight is 409 g/mol. The molecule has 1 fully saturated rings. The summed E-state index contributed by atoms with van der Waals surface area (Å²) in [4.78, 5) is 12.5. The third-order valence-electron chi connectivity index (χ3n) is 4.29. The highest BCUT2D eigenvalue weighted by atomic mass is 32.2. The molecule has 0 atom stereocenters. The van der Waals surface area contributed by atoms with Gasteiger partial charge in [-0.2, -0.15) is 0 Å². The molecular formula is C18H20N2O5S2. The van der Waals surface area contributed by atoms with Crippen LogP contribution in [0.3, 0.4) is 0 Å². The number of nitrogens with one attached hydrogen (secondary N) is 1. The summed E-state index contributed by atoms with van der Waals surface area (Å²) in [5.41, 5.74) is -0.128. The molecule has 1 saturated heterocycles. The molecule has 27 heavy (non-hydrogen) atoms. The van der Waals surface area contributed by atoms with Crippen LogP contribution in [-0.2, 0) is 24.8 Å². The number of nitrogens with zero attached hydrogens (tertiary/aromatic N) is 1. The van der Waals surface area contributed by atoms with E-state index in [1.165, 1.54) is 18.2 Å². The second-order valence-corrected chi connectivity index (χ2v) is 10.6. The van der Waals surface area contributed by atoms with Crippen molar-refractivity contribution in [1.82, 2.24) is 0 Å². The van der Waals surface area contributed by atoms with Crippen LogP contribution in [0.2, 0.25) is 0 Å². The van der Waals surface area contributed by atoms with Gasteiger partial charge in [0.05, 0.1) is 21.8 Å². The average Bonchev–Trinajstić information content (AvgIpc) is 2.70. The molecule has 144 valence electrons. The first-order valence-corrected chi connectivity index (χ1v) is 11.3. The minimum absolute atomic E-state index is 0.0124. The van der Waals surface area contributed by atoms with Gasteiger partial charge in [-0.3, -0.25) is 9.52 Å². The standard InChI is InChI=1S/C18H20N2O5S2/c1-13-11-15(20-17(21)18(2,3)12-26(20,22)23)9-10-16(13)27(24,25)19-14-7-5-4-6-8-14/h4-11,19H,12H2,1-3H3. The summed E-state index contributed by atoms with van der Waals surface area (Å²) in [6.45, 7) is 4.70. The molecule has 0 unspecified atom stereocenters. The molecule has 0 aromatic heterocycles. The Hall–Kier alpha value is -2.39. The number of anilines is 2. The number of hydrogen-bond acceptors (Lipinski definition) is 5. The van der Waals surface area contributed by atoms with E-state index in [1.807, 2.05) is 0 Å². The second-order valence-electron chi connectivity index (χ2n) is 7.13. The number of amides is 1. The zero-order valence-electron chi connectivity index (χ0n) is 15.1. The molecule has 0 saturated carbocycles. The molecule has 0 spiro atoms. The maximum Gasteiger partial charge on any atom is 0.262 e. The fourth-order valence-corrected chi connectivity index (χ4v) is 6.42. The van der Waals surface area contributed by atoms with Gasteiger partial charge in [-0.15, -0.1) is 0 Å². The summed E-state index contributed by atoms with van der Waals surface area (Å²) in [6.07, 6.45) is 0. The molecule has 1 heterocycles. The number of carbonyl (C=O) groups excluding carboxylic acids is 1. The van der Waals surface area contributed by atoms with Crippen LogP contribution in [0.5, 0.6) is 0 Å². The molecular weight excluding hydrogens is 388 g/mol. The number of aryl methyl sites for hydroxylation is 1. The van der Waals surface area contributed by atoms with Crippen LogP contribution in [0.4, 0.5) is 11.4 Å². The third kappa shape index (κ3) is 3.57. The molecule has 0 aliphatic carbocycles. The summed E-state index contributed by atoms with van der Waals surface area (Å²) >= 11 is 0. The Kier molecular flexibility index (Phi) is 4.55. The van der Waals surface area contributed by atoms with Gasteiger partial charge in [0.1, 0.15) is 0 Å². The molecule has 2 aromatic rings. The highest BCUT2D eigenvalue weighted by Crippen LogP contribution is 2.36. The first-order chi connectivity index (χ1) is 12.4. The summed E-state index contributed by atoms with van der Waals surface area (Å²) < 4.78 is 53.3. The smallest absolute Gasteiger partial charge is 0.262 e. The van der Waals surface area contributed by atoms with Crippen molar-refractivity contribution in [3.8, 4) is 0 Å². The van der Waals surface area contributed by atoms with Gasteiger partial charge in [0, 0.05) is 5.69 Å². The zero-order chi connectivity index (χ0) is 20.0. The quantitative estimate of drug-likeness (QED) is 0.838. The third-order valence-corrected chi connectivity index (χ3v) is 7.85. The van der Waals surface area contributed by atoms with E-state index >= 15 is 0 Å². The number of carbonyl (C=O) groups is 1. The monoisotopic (exact) mass is 408 g/mol. The normalized spacial score (nSPS) is 18.5. The Morgan fingerprint density at radius 2 is 1.70 bits per heavy atom. The number of hydrogen-bond donors (Lipinski definition) is 1. The van der Waals surface area contributed by atoms with E-state index in [1.54, 1.807) is 51.1 Å². The van der Waals surface area contributed by atoms with Gasteiger partial charge in [0.2, 0.25) is 15.9 Å². The van der Waals surface area contributed by atoms with E-state index < -0.39 is 31.4 Å². The minimum Gasteiger partial charge on any atom is -0.280 e. The van der Waals surface area contributed by atoms with Crippen molar-refractivity contribution in [2.75, 3.05) is 14.8 Å². The van der Waals surface area contributed by atoms with Crippen LogP contribution in [-0.4, -0.2) is 28.5 Å². The molecule has 2 aromatic carbocycles. The van der Waals surface area contributed by atoms with Crippen molar-refractivity contribution in [1.29, 1.82) is 0 Å². The largest absolute Gasteiger partial charge is 0.280 e. The number of para-hydroxylation sites is 1. The maximum absolute atomic E-state index is 12.6. The Bertz CT molecular complexity index is 1110. The van der Waals surface area contributed by atoms with E-state index in [2.05, 4.69) is 4.72 Å². The van der Waals surface area contributed by atoms with Crippen LogP contribution < -0.4 is 9.03 Å². The van der Waals surface area contributed by atoms with Gasteiger partial charge in [-0.25, -0.2) is 21.1 Å². The topological polar surface area (TPSA) is 101 Å². The van der Waals surface area contributed by atoms with Crippen LogP contribution in [0.1, 0.15) is 19.4 Å². The van der Waals surface area contributed by atoms with Gasteiger partial charge in [0.25, 0.3) is 10.0 Å². The van der Waals surface area contributed by atoms with Gasteiger partial charge < -0.3 is 0 Å². The molecule has 9 heteroatoms. The lowest BCUT2D eigenvalue weighted by Gasteiger charge is -2.19. The summed E-state index contributed by atoms with van der Waals surface area (Å²) in [6, 6.07) is 12.5. The molecule has 7 nitrogen and oxygen atoms in total. The van der Waals surface area contributed by atoms with Crippen molar-refractivity contribution in [3.05, 3.63) is 54.1 Å². The van der Waals surface area contributed by atoms with E-state index in [-0.39, 0.29) is 16.3 Å². The van der Waals surface area contributed by atoms with Gasteiger partial charge in [-0.1, -0.05) is 18.2 Å². The Balaban J connectivity index is 1.98. The number of benzene rings is 2. The lowest BCUT2D eigenvalue weighted by atomic mass is 9.95. The summed E-state index contributed by atoms with van der Waals surface area (Å²) in [5, 5.41) is 0. The number of sulfonamides is 2. The maximum atomic E-state index is 12.6. The summed E-state index contributed by atoms with van der Waals surface area (Å²) in [5.74, 6) is -0.812. The first kappa shape index (κ1) is 19.4. The molecule has 1 aliphatic heterocycles. The zero-order valence-corrected chi connectivity index (χ0v) is 16.8. The van der Waals surface area contributed by atoms with Crippen LogP contribution in [0.15, 0.2) is 53.4 Å². The number of rotatable bonds is 4. The van der Waals surface area contributed by atoms with E-state index in [0.29, 0.717) is 11.3 Å². The minimum atomic E-state index is -3.85. The Labute approximate surface area is 159 Å². The van der Waals surface area contributed by atoms with Crippen LogP contribution in [0.25, 0.3) is 0 Å². The molecule has 3 rings (SSSR count). The molecule has 1 amide bonds. The lowest BCUT2D eigenvalue weighted by molar-refractivity contribution is -0.123. The highest BCUT2D eigenvalue weighted by molar-refractivity contribution is 7.94. The van der Waals surface area contributed by atoms with Crippen molar-refractivity contribution in [3.63, 3.8) is 0 Å². The van der Waals surface area contributed by atoms with E-state index in [0.717, 1.165) is 4.31 Å².